The summed E-state index contributed by atoms with van der Waals surface area (Å²) < 4.78 is 0. The van der Waals surface area contributed by atoms with Gasteiger partial charge in [-0.25, -0.2) is 0 Å². The SMILES string of the molecule is O=C(O)C[C@@H]1CNC[C@H]1C(=O)O. The van der Waals surface area contributed by atoms with Crippen LogP contribution in [0.5, 0.6) is 0 Å². The van der Waals surface area contributed by atoms with Gasteiger partial charge in [0.2, 0.25) is 0 Å². The molecule has 3 N–H and O–H groups in total. The van der Waals surface area contributed by atoms with Gasteiger partial charge in [0.1, 0.15) is 0 Å². The summed E-state index contributed by atoms with van der Waals surface area (Å²) in [5, 5.41) is 20.0. The molecule has 1 fully saturated rings. The van der Waals surface area contributed by atoms with Crippen molar-refractivity contribution in [2.45, 2.75) is 6.42 Å². The maximum Gasteiger partial charge on any atom is 0.308 e. The first-order valence-electron chi connectivity index (χ1n) is 3.76. The Labute approximate surface area is 69.4 Å². The number of rotatable bonds is 3. The summed E-state index contributed by atoms with van der Waals surface area (Å²) in [5.74, 6) is -2.65. The normalized spacial score (nSPS) is 28.7. The molecular weight excluding hydrogens is 162 g/mol. The zero-order valence-electron chi connectivity index (χ0n) is 6.49. The van der Waals surface area contributed by atoms with E-state index in [0.29, 0.717) is 13.1 Å². The van der Waals surface area contributed by atoms with Gasteiger partial charge in [-0.3, -0.25) is 9.59 Å². The van der Waals surface area contributed by atoms with Crippen LogP contribution in [0.15, 0.2) is 0 Å². The number of hydrogen-bond donors (Lipinski definition) is 3. The van der Waals surface area contributed by atoms with Crippen LogP contribution >= 0.6 is 0 Å². The zero-order valence-corrected chi connectivity index (χ0v) is 6.49. The quantitative estimate of drug-likeness (QED) is 0.529. The number of nitrogens with one attached hydrogen (secondary N) is 1. The molecule has 68 valence electrons. The van der Waals surface area contributed by atoms with Crippen LogP contribution in [0.4, 0.5) is 0 Å². The molecule has 1 aliphatic rings. The second-order valence-electron chi connectivity index (χ2n) is 2.96. The van der Waals surface area contributed by atoms with E-state index >= 15 is 0 Å². The predicted octanol–water partition coefficient (Wildman–Crippen LogP) is -0.619. The largest absolute Gasteiger partial charge is 0.481 e. The third-order valence-electron chi connectivity index (χ3n) is 2.09. The van der Waals surface area contributed by atoms with E-state index in [-0.39, 0.29) is 12.3 Å². The zero-order chi connectivity index (χ0) is 9.14. The molecule has 1 rings (SSSR count). The molecular formula is C7H11NO4. The van der Waals surface area contributed by atoms with Crippen LogP contribution < -0.4 is 5.32 Å². The molecule has 0 bridgehead atoms. The van der Waals surface area contributed by atoms with Crippen LogP contribution in [0.1, 0.15) is 6.42 Å². The molecule has 2 atom stereocenters. The molecule has 0 unspecified atom stereocenters. The van der Waals surface area contributed by atoms with Gasteiger partial charge in [0.15, 0.2) is 0 Å². The Morgan fingerprint density at radius 2 is 2.00 bits per heavy atom. The third kappa shape index (κ3) is 1.94. The van der Waals surface area contributed by atoms with Crippen LogP contribution in [0.3, 0.4) is 0 Å². The van der Waals surface area contributed by atoms with Crippen molar-refractivity contribution in [2.75, 3.05) is 13.1 Å². The summed E-state index contributed by atoms with van der Waals surface area (Å²) in [6, 6.07) is 0. The Morgan fingerprint density at radius 1 is 1.33 bits per heavy atom. The number of hydrogen-bond acceptors (Lipinski definition) is 3. The van der Waals surface area contributed by atoms with Crippen LogP contribution in [-0.2, 0) is 9.59 Å². The fourth-order valence-corrected chi connectivity index (χ4v) is 1.46. The lowest BCUT2D eigenvalue weighted by molar-refractivity contribution is -0.143. The molecule has 0 aromatic carbocycles. The highest BCUT2D eigenvalue weighted by Crippen LogP contribution is 2.20. The highest BCUT2D eigenvalue weighted by Gasteiger charge is 2.33. The van der Waals surface area contributed by atoms with Crippen LogP contribution in [0.2, 0.25) is 0 Å². The van der Waals surface area contributed by atoms with E-state index in [1.165, 1.54) is 0 Å². The summed E-state index contributed by atoms with van der Waals surface area (Å²) in [6.07, 6.45) is -0.0655. The molecule has 0 radical (unpaired) electrons. The molecule has 0 aromatic rings. The fourth-order valence-electron chi connectivity index (χ4n) is 1.46. The van der Waals surface area contributed by atoms with Gasteiger partial charge in [-0.05, 0) is 12.5 Å². The molecule has 0 saturated carbocycles. The Bertz CT molecular complexity index is 204. The second kappa shape index (κ2) is 3.53. The molecule has 1 aliphatic heterocycles. The first-order valence-corrected chi connectivity index (χ1v) is 3.76. The van der Waals surface area contributed by atoms with Crippen molar-refractivity contribution in [1.82, 2.24) is 5.32 Å². The molecule has 5 heteroatoms. The minimum absolute atomic E-state index is 0.0655. The molecule has 12 heavy (non-hydrogen) atoms. The third-order valence-corrected chi connectivity index (χ3v) is 2.09. The van der Waals surface area contributed by atoms with Gasteiger partial charge in [-0.2, -0.15) is 0 Å². The van der Waals surface area contributed by atoms with Crippen LogP contribution in [0, 0.1) is 11.8 Å². The van der Waals surface area contributed by atoms with E-state index in [4.69, 9.17) is 10.2 Å². The molecule has 0 aromatic heterocycles. The van der Waals surface area contributed by atoms with Gasteiger partial charge in [0.25, 0.3) is 0 Å². The van der Waals surface area contributed by atoms with Crippen molar-refractivity contribution in [1.29, 1.82) is 0 Å². The summed E-state index contributed by atoms with van der Waals surface area (Å²) in [5.41, 5.74) is 0. The van der Waals surface area contributed by atoms with Crippen molar-refractivity contribution >= 4 is 11.9 Å². The Hall–Kier alpha value is -1.10. The van der Waals surface area contributed by atoms with Crippen LogP contribution in [-0.4, -0.2) is 35.2 Å². The number of carboxylic acids is 2. The van der Waals surface area contributed by atoms with Crippen LogP contribution in [0.25, 0.3) is 0 Å². The van der Waals surface area contributed by atoms with Gasteiger partial charge in [-0.15, -0.1) is 0 Å². The van der Waals surface area contributed by atoms with E-state index in [0.717, 1.165) is 0 Å². The molecule has 5 nitrogen and oxygen atoms in total. The topological polar surface area (TPSA) is 86.6 Å². The lowest BCUT2D eigenvalue weighted by Crippen LogP contribution is -2.24. The average molecular weight is 173 g/mol. The first kappa shape index (κ1) is 8.99. The first-order chi connectivity index (χ1) is 5.61. The molecule has 1 heterocycles. The number of carboxylic acid groups (broad SMARTS) is 2. The molecule has 1 saturated heterocycles. The minimum atomic E-state index is -0.935. The summed E-state index contributed by atoms with van der Waals surface area (Å²) >= 11 is 0. The monoisotopic (exact) mass is 173 g/mol. The number of carbonyl (C=O) groups is 2. The van der Waals surface area contributed by atoms with Gasteiger partial charge >= 0.3 is 11.9 Å². The van der Waals surface area contributed by atoms with Gasteiger partial charge in [0.05, 0.1) is 12.3 Å². The van der Waals surface area contributed by atoms with Gasteiger partial charge in [-0.1, -0.05) is 0 Å². The number of aliphatic carboxylic acids is 2. The Morgan fingerprint density at radius 3 is 2.50 bits per heavy atom. The van der Waals surface area contributed by atoms with Gasteiger partial charge < -0.3 is 15.5 Å². The van der Waals surface area contributed by atoms with E-state index in [1.807, 2.05) is 0 Å². The smallest absolute Gasteiger partial charge is 0.308 e. The second-order valence-corrected chi connectivity index (χ2v) is 2.96. The van der Waals surface area contributed by atoms with Crippen molar-refractivity contribution in [3.8, 4) is 0 Å². The summed E-state index contributed by atoms with van der Waals surface area (Å²) in [4.78, 5) is 20.9. The van der Waals surface area contributed by atoms with Crippen molar-refractivity contribution in [3.63, 3.8) is 0 Å². The van der Waals surface area contributed by atoms with Crippen molar-refractivity contribution < 1.29 is 19.8 Å². The highest BCUT2D eigenvalue weighted by atomic mass is 16.4. The summed E-state index contributed by atoms with van der Waals surface area (Å²) in [7, 11) is 0. The standard InChI is InChI=1S/C7H11NO4/c9-6(10)1-4-2-8-3-5(4)7(11)12/h4-5,8H,1-3H2,(H,9,10)(H,11,12)/t4-,5-/m1/s1. The molecule has 0 amide bonds. The Kier molecular flexibility index (Phi) is 2.65. The van der Waals surface area contributed by atoms with Gasteiger partial charge in [0, 0.05) is 6.54 Å². The lowest BCUT2D eigenvalue weighted by Gasteiger charge is -2.10. The maximum atomic E-state index is 10.6. The summed E-state index contributed by atoms with van der Waals surface area (Å²) in [6.45, 7) is 0.872. The highest BCUT2D eigenvalue weighted by molar-refractivity contribution is 5.73. The predicted molar refractivity (Wildman–Crippen MR) is 39.7 cm³/mol. The lowest BCUT2D eigenvalue weighted by atomic mass is 9.93. The molecule has 0 aliphatic carbocycles. The fraction of sp³-hybridized carbons (Fsp3) is 0.714. The minimum Gasteiger partial charge on any atom is -0.481 e. The maximum absolute atomic E-state index is 10.6. The van der Waals surface area contributed by atoms with Crippen molar-refractivity contribution in [3.05, 3.63) is 0 Å². The van der Waals surface area contributed by atoms with E-state index in [9.17, 15) is 9.59 Å². The Balaban J connectivity index is 2.52. The van der Waals surface area contributed by atoms with E-state index < -0.39 is 17.9 Å². The van der Waals surface area contributed by atoms with E-state index in [2.05, 4.69) is 5.32 Å². The molecule has 0 spiro atoms. The average Bonchev–Trinajstić information content (AvgIpc) is 2.33. The van der Waals surface area contributed by atoms with E-state index in [1.54, 1.807) is 0 Å². The van der Waals surface area contributed by atoms with Crippen molar-refractivity contribution in [2.24, 2.45) is 11.8 Å².